The van der Waals surface area contributed by atoms with Crippen molar-refractivity contribution in [2.45, 2.75) is 19.3 Å². The van der Waals surface area contributed by atoms with Gasteiger partial charge in [-0.2, -0.15) is 0 Å². The summed E-state index contributed by atoms with van der Waals surface area (Å²) in [6.45, 7) is 2.36. The van der Waals surface area contributed by atoms with Crippen LogP contribution in [0.15, 0.2) is 45.5 Å². The van der Waals surface area contributed by atoms with E-state index in [2.05, 4.69) is 56.3 Å². The number of carbonyl (C=O) groups is 1. The molecule has 1 fully saturated rings. The SMILES string of the molecule is O=C(CN1CCC(Cc2ccccc2)CC1)c1cc(Br)no1. The molecule has 0 amide bonds. The maximum atomic E-state index is 12.1. The van der Waals surface area contributed by atoms with Crippen molar-refractivity contribution in [2.75, 3.05) is 19.6 Å². The molecule has 1 aliphatic heterocycles. The molecule has 2 heterocycles. The molecule has 22 heavy (non-hydrogen) atoms. The normalized spacial score (nSPS) is 16.8. The predicted octanol–water partition coefficient (Wildman–Crippen LogP) is 3.57. The van der Waals surface area contributed by atoms with Crippen LogP contribution < -0.4 is 0 Å². The van der Waals surface area contributed by atoms with E-state index in [0.29, 0.717) is 22.8 Å². The second-order valence-corrected chi connectivity index (χ2v) is 6.66. The van der Waals surface area contributed by atoms with Crippen LogP contribution in [-0.4, -0.2) is 35.5 Å². The topological polar surface area (TPSA) is 46.3 Å². The van der Waals surface area contributed by atoms with E-state index < -0.39 is 0 Å². The molecule has 116 valence electrons. The molecule has 1 saturated heterocycles. The van der Waals surface area contributed by atoms with Crippen LogP contribution in [-0.2, 0) is 6.42 Å². The molecule has 3 rings (SSSR count). The van der Waals surface area contributed by atoms with Crippen LogP contribution in [0.5, 0.6) is 0 Å². The van der Waals surface area contributed by atoms with Gasteiger partial charge in [0.2, 0.25) is 11.5 Å². The molecule has 4 nitrogen and oxygen atoms in total. The largest absolute Gasteiger partial charge is 0.352 e. The average molecular weight is 363 g/mol. The van der Waals surface area contributed by atoms with Crippen molar-refractivity contribution in [1.82, 2.24) is 10.1 Å². The second kappa shape index (κ2) is 7.20. The monoisotopic (exact) mass is 362 g/mol. The van der Waals surface area contributed by atoms with Crippen LogP contribution in [0.1, 0.15) is 29.0 Å². The first kappa shape index (κ1) is 15.4. The van der Waals surface area contributed by atoms with Gasteiger partial charge in [-0.25, -0.2) is 0 Å². The lowest BCUT2D eigenvalue weighted by atomic mass is 9.90. The number of aromatic nitrogens is 1. The number of hydrogen-bond acceptors (Lipinski definition) is 4. The number of halogens is 1. The fourth-order valence-electron chi connectivity index (χ4n) is 2.96. The quantitative estimate of drug-likeness (QED) is 0.762. The van der Waals surface area contributed by atoms with Gasteiger partial charge in [-0.3, -0.25) is 9.69 Å². The Hall–Kier alpha value is -1.46. The van der Waals surface area contributed by atoms with E-state index in [1.807, 2.05) is 0 Å². The summed E-state index contributed by atoms with van der Waals surface area (Å²) in [7, 11) is 0. The standard InChI is InChI=1S/C17H19BrN2O2/c18-17-11-16(22-19-17)15(21)12-20-8-6-14(7-9-20)10-13-4-2-1-3-5-13/h1-5,11,14H,6-10,12H2. The molecule has 0 N–H and O–H groups in total. The summed E-state index contributed by atoms with van der Waals surface area (Å²) < 4.78 is 5.56. The lowest BCUT2D eigenvalue weighted by Gasteiger charge is -2.31. The third-order valence-electron chi connectivity index (χ3n) is 4.20. The van der Waals surface area contributed by atoms with E-state index in [0.717, 1.165) is 32.4 Å². The number of Topliss-reactive ketones (excluding diaryl/α,β-unsaturated/α-hetero) is 1. The van der Waals surface area contributed by atoms with Gasteiger partial charge in [0.15, 0.2) is 0 Å². The van der Waals surface area contributed by atoms with Crippen LogP contribution >= 0.6 is 15.9 Å². The summed E-state index contributed by atoms with van der Waals surface area (Å²) in [6, 6.07) is 12.3. The molecule has 0 atom stereocenters. The molecule has 0 radical (unpaired) electrons. The minimum atomic E-state index is -0.000269. The Morgan fingerprint density at radius 2 is 2.00 bits per heavy atom. The zero-order valence-electron chi connectivity index (χ0n) is 12.4. The van der Waals surface area contributed by atoms with Gasteiger partial charge in [0.25, 0.3) is 0 Å². The molecule has 5 heteroatoms. The van der Waals surface area contributed by atoms with Crippen molar-refractivity contribution < 1.29 is 9.32 Å². The highest BCUT2D eigenvalue weighted by molar-refractivity contribution is 9.10. The first-order valence-electron chi connectivity index (χ1n) is 7.62. The van der Waals surface area contributed by atoms with E-state index in [-0.39, 0.29) is 5.78 Å². The zero-order chi connectivity index (χ0) is 15.4. The van der Waals surface area contributed by atoms with E-state index in [1.165, 1.54) is 5.56 Å². The number of ketones is 1. The summed E-state index contributed by atoms with van der Waals surface area (Å²) in [5.74, 6) is 1.05. The Labute approximate surface area is 138 Å². The fraction of sp³-hybridized carbons (Fsp3) is 0.412. The molecular formula is C17H19BrN2O2. The number of nitrogens with zero attached hydrogens (tertiary/aromatic N) is 2. The Kier molecular flexibility index (Phi) is 5.05. The van der Waals surface area contributed by atoms with Gasteiger partial charge in [-0.05, 0) is 59.8 Å². The fourth-order valence-corrected chi connectivity index (χ4v) is 3.24. The van der Waals surface area contributed by atoms with Gasteiger partial charge in [0.05, 0.1) is 6.54 Å². The van der Waals surface area contributed by atoms with Gasteiger partial charge in [-0.1, -0.05) is 35.5 Å². The van der Waals surface area contributed by atoms with Crippen LogP contribution in [0, 0.1) is 5.92 Å². The van der Waals surface area contributed by atoms with Crippen molar-refractivity contribution in [2.24, 2.45) is 5.92 Å². The van der Waals surface area contributed by atoms with Gasteiger partial charge >= 0.3 is 0 Å². The van der Waals surface area contributed by atoms with Crippen LogP contribution in [0.3, 0.4) is 0 Å². The number of piperidine rings is 1. The Morgan fingerprint density at radius 3 is 2.64 bits per heavy atom. The van der Waals surface area contributed by atoms with Crippen molar-refractivity contribution in [1.29, 1.82) is 0 Å². The zero-order valence-corrected chi connectivity index (χ0v) is 14.0. The summed E-state index contributed by atoms with van der Waals surface area (Å²) >= 11 is 3.19. The highest BCUT2D eigenvalue weighted by Gasteiger charge is 2.22. The van der Waals surface area contributed by atoms with E-state index >= 15 is 0 Å². The smallest absolute Gasteiger partial charge is 0.214 e. The molecule has 1 aromatic carbocycles. The lowest BCUT2D eigenvalue weighted by molar-refractivity contribution is 0.0859. The molecule has 2 aromatic rings. The number of benzene rings is 1. The molecule has 1 aromatic heterocycles. The van der Waals surface area contributed by atoms with Crippen LogP contribution in [0.25, 0.3) is 0 Å². The van der Waals surface area contributed by atoms with E-state index in [9.17, 15) is 4.79 Å². The highest BCUT2D eigenvalue weighted by atomic mass is 79.9. The minimum absolute atomic E-state index is 0.000269. The number of likely N-dealkylation sites (tertiary alicyclic amines) is 1. The van der Waals surface area contributed by atoms with Gasteiger partial charge < -0.3 is 4.52 Å². The lowest BCUT2D eigenvalue weighted by Crippen LogP contribution is -2.37. The Bertz CT molecular complexity index is 619. The average Bonchev–Trinajstić information content (AvgIpc) is 2.97. The van der Waals surface area contributed by atoms with Crippen molar-refractivity contribution in [3.63, 3.8) is 0 Å². The van der Waals surface area contributed by atoms with Crippen molar-refractivity contribution >= 4 is 21.7 Å². The van der Waals surface area contributed by atoms with Crippen LogP contribution in [0.4, 0.5) is 0 Å². The molecule has 0 spiro atoms. The van der Waals surface area contributed by atoms with Gasteiger partial charge in [0, 0.05) is 6.07 Å². The molecule has 0 bridgehead atoms. The molecule has 0 aliphatic carbocycles. The summed E-state index contributed by atoms with van der Waals surface area (Å²) in [5, 5.41) is 3.69. The molecule has 0 unspecified atom stereocenters. The van der Waals surface area contributed by atoms with Gasteiger partial charge in [0.1, 0.15) is 4.60 Å². The highest BCUT2D eigenvalue weighted by Crippen LogP contribution is 2.22. The molecular weight excluding hydrogens is 344 g/mol. The predicted molar refractivity (Wildman–Crippen MR) is 87.8 cm³/mol. The summed E-state index contributed by atoms with van der Waals surface area (Å²) in [5.41, 5.74) is 1.41. The third-order valence-corrected chi connectivity index (χ3v) is 4.57. The number of carbonyl (C=O) groups excluding carboxylic acids is 1. The van der Waals surface area contributed by atoms with Crippen LogP contribution in [0.2, 0.25) is 0 Å². The van der Waals surface area contributed by atoms with E-state index in [1.54, 1.807) is 6.07 Å². The summed E-state index contributed by atoms with van der Waals surface area (Å²) in [6.07, 6.45) is 3.42. The summed E-state index contributed by atoms with van der Waals surface area (Å²) in [4.78, 5) is 14.3. The maximum absolute atomic E-state index is 12.1. The van der Waals surface area contributed by atoms with Crippen molar-refractivity contribution in [3.8, 4) is 0 Å². The number of rotatable bonds is 5. The van der Waals surface area contributed by atoms with E-state index in [4.69, 9.17) is 4.52 Å². The minimum Gasteiger partial charge on any atom is -0.352 e. The Morgan fingerprint density at radius 1 is 1.27 bits per heavy atom. The first-order chi connectivity index (χ1) is 10.7. The number of hydrogen-bond donors (Lipinski definition) is 0. The maximum Gasteiger partial charge on any atom is 0.214 e. The van der Waals surface area contributed by atoms with Gasteiger partial charge in [-0.15, -0.1) is 0 Å². The first-order valence-corrected chi connectivity index (χ1v) is 8.41. The van der Waals surface area contributed by atoms with Crippen molar-refractivity contribution in [3.05, 3.63) is 52.3 Å². The molecule has 0 saturated carbocycles. The second-order valence-electron chi connectivity index (χ2n) is 5.85. The Balaban J connectivity index is 1.46. The third kappa shape index (κ3) is 4.05. The molecule has 1 aliphatic rings.